The smallest absolute Gasteiger partial charge is 0.338 e. The Labute approximate surface area is 112 Å². The van der Waals surface area contributed by atoms with Crippen molar-refractivity contribution in [2.75, 3.05) is 17.6 Å². The monoisotopic (exact) mass is 263 g/mol. The number of rotatable bonds is 7. The number of aromatic carboxylic acids is 1. The summed E-state index contributed by atoms with van der Waals surface area (Å²) in [5.74, 6) is 2.51. The third-order valence-electron chi connectivity index (χ3n) is 2.35. The van der Waals surface area contributed by atoms with Gasteiger partial charge >= 0.3 is 5.97 Å². The highest BCUT2D eigenvalue weighted by molar-refractivity contribution is 7.99. The van der Waals surface area contributed by atoms with Crippen LogP contribution in [0.2, 0.25) is 0 Å². The Morgan fingerprint density at radius 3 is 2.94 bits per heavy atom. The van der Waals surface area contributed by atoms with Crippen LogP contribution in [0.4, 0.5) is 5.69 Å². The van der Waals surface area contributed by atoms with E-state index < -0.39 is 5.97 Å². The van der Waals surface area contributed by atoms with Crippen molar-refractivity contribution < 1.29 is 9.90 Å². The summed E-state index contributed by atoms with van der Waals surface area (Å²) < 4.78 is 0. The van der Waals surface area contributed by atoms with Crippen LogP contribution in [-0.4, -0.2) is 23.4 Å². The van der Waals surface area contributed by atoms with Crippen LogP contribution in [0.1, 0.15) is 30.1 Å². The average Bonchev–Trinajstić information content (AvgIpc) is 2.35. The number of hydrogen-bond acceptors (Lipinski definition) is 3. The first-order valence-electron chi connectivity index (χ1n) is 5.87. The summed E-state index contributed by atoms with van der Waals surface area (Å²) in [6.07, 6.45) is 6.70. The summed E-state index contributed by atoms with van der Waals surface area (Å²) in [7, 11) is 0. The average molecular weight is 263 g/mol. The van der Waals surface area contributed by atoms with E-state index in [1.165, 1.54) is 11.8 Å². The van der Waals surface area contributed by atoms with Crippen LogP contribution in [0, 0.1) is 12.3 Å². The van der Waals surface area contributed by atoms with Crippen LogP contribution in [-0.2, 0) is 0 Å². The summed E-state index contributed by atoms with van der Waals surface area (Å²) in [6, 6.07) is 5.50. The fourth-order valence-corrected chi connectivity index (χ4v) is 2.42. The standard InChI is InChI=1S/C14H17NO2S/c1-3-5-6-10-15-11-8-7-9-12(18-4-2)13(11)14(16)17/h1,7-9,15H,4-6,10H2,2H3,(H,16,17). The molecule has 0 aliphatic rings. The first-order valence-corrected chi connectivity index (χ1v) is 6.85. The molecule has 0 aromatic heterocycles. The normalized spacial score (nSPS) is 9.78. The zero-order valence-corrected chi connectivity index (χ0v) is 11.2. The SMILES string of the molecule is C#CCCCNc1cccc(SCC)c1C(=O)O. The lowest BCUT2D eigenvalue weighted by Crippen LogP contribution is -2.08. The minimum atomic E-state index is -0.897. The fraction of sp³-hybridized carbons (Fsp3) is 0.357. The predicted octanol–water partition coefficient (Wildman–Crippen LogP) is 3.32. The van der Waals surface area contributed by atoms with Crippen LogP contribution in [0.15, 0.2) is 23.1 Å². The molecule has 0 aliphatic heterocycles. The van der Waals surface area contributed by atoms with Gasteiger partial charge in [-0.1, -0.05) is 13.0 Å². The summed E-state index contributed by atoms with van der Waals surface area (Å²) in [4.78, 5) is 12.1. The van der Waals surface area contributed by atoms with Crippen LogP contribution in [0.3, 0.4) is 0 Å². The number of thioether (sulfide) groups is 1. The van der Waals surface area contributed by atoms with Gasteiger partial charge < -0.3 is 10.4 Å². The van der Waals surface area contributed by atoms with Crippen molar-refractivity contribution in [3.05, 3.63) is 23.8 Å². The zero-order valence-electron chi connectivity index (χ0n) is 10.4. The Hall–Kier alpha value is -1.60. The second-order valence-electron chi connectivity index (χ2n) is 3.65. The molecule has 1 aromatic rings. The molecule has 0 heterocycles. The third-order valence-corrected chi connectivity index (χ3v) is 3.29. The van der Waals surface area contributed by atoms with E-state index in [4.69, 9.17) is 6.42 Å². The van der Waals surface area contributed by atoms with E-state index in [2.05, 4.69) is 11.2 Å². The highest BCUT2D eigenvalue weighted by Gasteiger charge is 2.14. The van der Waals surface area contributed by atoms with Crippen LogP contribution in [0.25, 0.3) is 0 Å². The molecule has 2 N–H and O–H groups in total. The number of unbranched alkanes of at least 4 members (excludes halogenated alkanes) is 1. The number of hydrogen-bond donors (Lipinski definition) is 2. The number of terminal acetylenes is 1. The molecule has 0 unspecified atom stereocenters. The lowest BCUT2D eigenvalue weighted by Gasteiger charge is -2.12. The van der Waals surface area contributed by atoms with Crippen molar-refractivity contribution in [2.45, 2.75) is 24.7 Å². The topological polar surface area (TPSA) is 49.3 Å². The second kappa shape index (κ2) is 7.67. The lowest BCUT2D eigenvalue weighted by atomic mass is 10.1. The molecule has 0 spiro atoms. The Kier molecular flexibility index (Phi) is 6.16. The zero-order chi connectivity index (χ0) is 13.4. The molecule has 0 amide bonds. The van der Waals surface area contributed by atoms with E-state index >= 15 is 0 Å². The minimum absolute atomic E-state index is 0.352. The van der Waals surface area contributed by atoms with Gasteiger partial charge in [-0.15, -0.1) is 24.1 Å². The summed E-state index contributed by atoms with van der Waals surface area (Å²) in [6.45, 7) is 2.69. The quantitative estimate of drug-likeness (QED) is 0.450. The molecule has 96 valence electrons. The lowest BCUT2D eigenvalue weighted by molar-refractivity contribution is 0.0694. The van der Waals surface area contributed by atoms with Crippen molar-refractivity contribution in [3.8, 4) is 12.3 Å². The molecular formula is C14H17NO2S. The van der Waals surface area contributed by atoms with Gasteiger partial charge in [-0.3, -0.25) is 0 Å². The van der Waals surface area contributed by atoms with Crippen molar-refractivity contribution in [3.63, 3.8) is 0 Å². The van der Waals surface area contributed by atoms with E-state index in [1.807, 2.05) is 19.1 Å². The first kappa shape index (κ1) is 14.5. The van der Waals surface area contributed by atoms with Gasteiger partial charge in [-0.05, 0) is 24.3 Å². The summed E-state index contributed by atoms with van der Waals surface area (Å²) >= 11 is 1.53. The van der Waals surface area contributed by atoms with Crippen molar-refractivity contribution in [1.29, 1.82) is 0 Å². The molecule has 0 radical (unpaired) electrons. The van der Waals surface area contributed by atoms with Gasteiger partial charge in [0.05, 0.1) is 5.56 Å². The van der Waals surface area contributed by atoms with Crippen LogP contribution < -0.4 is 5.32 Å². The van der Waals surface area contributed by atoms with Gasteiger partial charge in [-0.25, -0.2) is 4.79 Å². The Morgan fingerprint density at radius 2 is 2.33 bits per heavy atom. The van der Waals surface area contributed by atoms with Gasteiger partial charge in [0.1, 0.15) is 0 Å². The van der Waals surface area contributed by atoms with E-state index in [9.17, 15) is 9.90 Å². The molecule has 3 nitrogen and oxygen atoms in total. The first-order chi connectivity index (χ1) is 8.70. The van der Waals surface area contributed by atoms with Gasteiger partial charge in [0.25, 0.3) is 0 Å². The highest BCUT2D eigenvalue weighted by atomic mass is 32.2. The number of benzene rings is 1. The molecule has 18 heavy (non-hydrogen) atoms. The van der Waals surface area contributed by atoms with Crippen molar-refractivity contribution in [2.24, 2.45) is 0 Å². The van der Waals surface area contributed by atoms with Gasteiger partial charge in [0.2, 0.25) is 0 Å². The second-order valence-corrected chi connectivity index (χ2v) is 4.96. The van der Waals surface area contributed by atoms with E-state index in [1.54, 1.807) is 6.07 Å². The fourth-order valence-electron chi connectivity index (χ4n) is 1.59. The molecule has 0 atom stereocenters. The number of nitrogens with one attached hydrogen (secondary N) is 1. The minimum Gasteiger partial charge on any atom is -0.478 e. The van der Waals surface area contributed by atoms with Gasteiger partial charge in [-0.2, -0.15) is 0 Å². The third kappa shape index (κ3) is 4.01. The molecule has 1 aromatic carbocycles. The van der Waals surface area contributed by atoms with Crippen LogP contribution in [0.5, 0.6) is 0 Å². The van der Waals surface area contributed by atoms with Crippen molar-refractivity contribution in [1.82, 2.24) is 0 Å². The molecule has 0 bridgehead atoms. The number of carboxylic acids is 1. The van der Waals surface area contributed by atoms with E-state index in [-0.39, 0.29) is 0 Å². The molecule has 0 saturated heterocycles. The number of carbonyl (C=O) groups is 1. The van der Waals surface area contributed by atoms with E-state index in [0.717, 1.165) is 17.1 Å². The maximum atomic E-state index is 11.3. The van der Waals surface area contributed by atoms with E-state index in [0.29, 0.717) is 24.2 Å². The molecule has 0 fully saturated rings. The Morgan fingerprint density at radius 1 is 1.56 bits per heavy atom. The molecular weight excluding hydrogens is 246 g/mol. The highest BCUT2D eigenvalue weighted by Crippen LogP contribution is 2.28. The number of carboxylic acid groups (broad SMARTS) is 1. The summed E-state index contributed by atoms with van der Waals surface area (Å²) in [5, 5.41) is 12.4. The molecule has 4 heteroatoms. The molecule has 0 saturated carbocycles. The predicted molar refractivity (Wildman–Crippen MR) is 76.4 cm³/mol. The maximum Gasteiger partial charge on any atom is 0.338 e. The summed E-state index contributed by atoms with van der Waals surface area (Å²) in [5.41, 5.74) is 1.02. The Bertz CT molecular complexity index is 452. The number of anilines is 1. The maximum absolute atomic E-state index is 11.3. The van der Waals surface area contributed by atoms with Gasteiger partial charge in [0.15, 0.2) is 0 Å². The largest absolute Gasteiger partial charge is 0.478 e. The van der Waals surface area contributed by atoms with Crippen LogP contribution >= 0.6 is 11.8 Å². The van der Waals surface area contributed by atoms with Crippen molar-refractivity contribution >= 4 is 23.4 Å². The Balaban J connectivity index is 2.86. The molecule has 1 rings (SSSR count). The molecule has 0 aliphatic carbocycles. The van der Waals surface area contributed by atoms with Gasteiger partial charge in [0, 0.05) is 23.5 Å².